The van der Waals surface area contributed by atoms with Crippen LogP contribution in [-0.2, 0) is 22.1 Å². The number of hydrogen-bond acceptors (Lipinski definition) is 5. The quantitative estimate of drug-likeness (QED) is 0.420. The molecule has 0 unspecified atom stereocenters. The molecule has 3 rings (SSSR count). The highest BCUT2D eigenvalue weighted by atomic mass is 32.2. The maximum Gasteiger partial charge on any atom is 0.301 e. The summed E-state index contributed by atoms with van der Waals surface area (Å²) >= 11 is 0. The number of amides is 1. The molecule has 160 valence electrons. The smallest absolute Gasteiger partial charge is 0.269 e. The molecule has 0 fully saturated rings. The number of para-hydroxylation sites is 1. The number of benzene rings is 1. The van der Waals surface area contributed by atoms with Gasteiger partial charge in [0.05, 0.1) is 16.9 Å². The summed E-state index contributed by atoms with van der Waals surface area (Å²) < 4.78 is 31.7. The van der Waals surface area contributed by atoms with Gasteiger partial charge in [0.1, 0.15) is 0 Å². The summed E-state index contributed by atoms with van der Waals surface area (Å²) in [5.41, 5.74) is 3.16. The lowest BCUT2D eigenvalue weighted by molar-refractivity contribution is -0.114. The van der Waals surface area contributed by atoms with E-state index in [0.29, 0.717) is 23.5 Å². The highest BCUT2D eigenvalue weighted by molar-refractivity contribution is 7.88. The van der Waals surface area contributed by atoms with E-state index in [2.05, 4.69) is 14.9 Å². The Balaban J connectivity index is 1.90. The van der Waals surface area contributed by atoms with E-state index >= 15 is 0 Å². The third kappa shape index (κ3) is 4.60. The third-order valence-corrected chi connectivity index (χ3v) is 5.72. The number of rotatable bonds is 8. The standard InChI is InChI=1S/C20H26N6O3S/c1-5-6-13-21-30(28,29)24-19(27)12-11-17-15(3)22-25(4)20(17)26-18-10-8-7-9-16(18)14(2)23-26/h7-12,21H,5-6,13H2,1-4H3,(H,24,27). The van der Waals surface area contributed by atoms with Crippen molar-refractivity contribution in [1.29, 1.82) is 0 Å². The van der Waals surface area contributed by atoms with Gasteiger partial charge >= 0.3 is 10.2 Å². The first-order valence-corrected chi connectivity index (χ1v) is 11.2. The molecule has 1 amide bonds. The Morgan fingerprint density at radius 3 is 2.63 bits per heavy atom. The minimum atomic E-state index is -3.89. The van der Waals surface area contributed by atoms with Gasteiger partial charge in [0.25, 0.3) is 5.91 Å². The summed E-state index contributed by atoms with van der Waals surface area (Å²) in [5, 5.41) is 10.1. The van der Waals surface area contributed by atoms with Crippen molar-refractivity contribution in [3.8, 4) is 5.82 Å². The van der Waals surface area contributed by atoms with Crippen LogP contribution in [0.5, 0.6) is 0 Å². The third-order valence-electron chi connectivity index (χ3n) is 4.67. The molecule has 2 aromatic heterocycles. The molecule has 0 spiro atoms. The average molecular weight is 431 g/mol. The van der Waals surface area contributed by atoms with Crippen molar-refractivity contribution in [2.45, 2.75) is 33.6 Å². The van der Waals surface area contributed by atoms with E-state index in [1.165, 1.54) is 6.08 Å². The van der Waals surface area contributed by atoms with Gasteiger partial charge in [0.15, 0.2) is 5.82 Å². The Morgan fingerprint density at radius 1 is 1.17 bits per heavy atom. The monoisotopic (exact) mass is 430 g/mol. The lowest BCUT2D eigenvalue weighted by Gasteiger charge is -2.07. The second-order valence-corrected chi connectivity index (χ2v) is 8.51. The molecule has 0 bridgehead atoms. The minimum Gasteiger partial charge on any atom is -0.269 e. The molecule has 2 heterocycles. The second-order valence-electron chi connectivity index (χ2n) is 7.01. The van der Waals surface area contributed by atoms with Crippen LogP contribution in [0.1, 0.15) is 36.7 Å². The van der Waals surface area contributed by atoms with Crippen LogP contribution in [0.25, 0.3) is 22.8 Å². The normalized spacial score (nSPS) is 12.1. The maximum absolute atomic E-state index is 12.2. The van der Waals surface area contributed by atoms with Crippen molar-refractivity contribution in [2.24, 2.45) is 7.05 Å². The first kappa shape index (κ1) is 21.7. The number of nitrogens with zero attached hydrogens (tertiary/aromatic N) is 4. The fourth-order valence-electron chi connectivity index (χ4n) is 3.24. The van der Waals surface area contributed by atoms with E-state index < -0.39 is 16.1 Å². The number of aromatic nitrogens is 4. The van der Waals surface area contributed by atoms with Crippen molar-refractivity contribution in [2.75, 3.05) is 6.54 Å². The Hall–Kier alpha value is -2.98. The fraction of sp³-hybridized carbons (Fsp3) is 0.350. The van der Waals surface area contributed by atoms with Crippen LogP contribution in [-0.4, -0.2) is 40.4 Å². The zero-order valence-corrected chi connectivity index (χ0v) is 18.3. The summed E-state index contributed by atoms with van der Waals surface area (Å²) in [7, 11) is -2.09. The van der Waals surface area contributed by atoms with E-state index in [1.54, 1.807) is 22.5 Å². The Bertz CT molecular complexity index is 1210. The van der Waals surface area contributed by atoms with Gasteiger partial charge in [-0.25, -0.2) is 9.40 Å². The Labute approximate surface area is 176 Å². The molecule has 0 atom stereocenters. The van der Waals surface area contributed by atoms with Gasteiger partial charge < -0.3 is 0 Å². The molecular formula is C20H26N6O3S. The van der Waals surface area contributed by atoms with E-state index in [-0.39, 0.29) is 6.54 Å². The van der Waals surface area contributed by atoms with Gasteiger partial charge in [-0.3, -0.25) is 9.48 Å². The number of carbonyl (C=O) groups is 1. The fourth-order valence-corrected chi connectivity index (χ4v) is 4.06. The van der Waals surface area contributed by atoms with Gasteiger partial charge in [-0.2, -0.15) is 23.3 Å². The summed E-state index contributed by atoms with van der Waals surface area (Å²) in [6.45, 7) is 5.98. The van der Waals surface area contributed by atoms with Crippen molar-refractivity contribution < 1.29 is 13.2 Å². The Morgan fingerprint density at radius 2 is 1.90 bits per heavy atom. The summed E-state index contributed by atoms with van der Waals surface area (Å²) in [6, 6.07) is 7.85. The number of nitrogens with one attached hydrogen (secondary N) is 2. The van der Waals surface area contributed by atoms with Gasteiger partial charge in [-0.1, -0.05) is 31.5 Å². The lowest BCUT2D eigenvalue weighted by atomic mass is 10.2. The van der Waals surface area contributed by atoms with Crippen LogP contribution in [0.3, 0.4) is 0 Å². The van der Waals surface area contributed by atoms with Gasteiger partial charge in [0.2, 0.25) is 0 Å². The zero-order valence-electron chi connectivity index (χ0n) is 17.5. The molecular weight excluding hydrogens is 404 g/mol. The highest BCUT2D eigenvalue weighted by Gasteiger charge is 2.18. The zero-order chi connectivity index (χ0) is 21.9. The molecule has 0 saturated carbocycles. The minimum absolute atomic E-state index is 0.278. The number of aryl methyl sites for hydroxylation is 3. The molecule has 0 aliphatic carbocycles. The van der Waals surface area contributed by atoms with Gasteiger partial charge in [-0.05, 0) is 32.4 Å². The van der Waals surface area contributed by atoms with Gasteiger partial charge in [-0.15, -0.1) is 0 Å². The first-order chi connectivity index (χ1) is 14.2. The van der Waals surface area contributed by atoms with Crippen LogP contribution in [0, 0.1) is 13.8 Å². The molecule has 10 heteroatoms. The summed E-state index contributed by atoms with van der Waals surface area (Å²) in [4.78, 5) is 12.2. The van der Waals surface area contributed by atoms with E-state index in [9.17, 15) is 13.2 Å². The van der Waals surface area contributed by atoms with Crippen molar-refractivity contribution in [1.82, 2.24) is 29.0 Å². The molecule has 2 N–H and O–H groups in total. The molecule has 0 aliphatic heterocycles. The predicted molar refractivity (Wildman–Crippen MR) is 116 cm³/mol. The SMILES string of the molecule is CCCCNS(=O)(=O)NC(=O)C=Cc1c(C)nn(C)c1-n1nc(C)c2ccccc21. The van der Waals surface area contributed by atoms with Crippen LogP contribution in [0.4, 0.5) is 0 Å². The lowest BCUT2D eigenvalue weighted by Crippen LogP contribution is -2.39. The van der Waals surface area contributed by atoms with E-state index in [1.807, 2.05) is 49.8 Å². The van der Waals surface area contributed by atoms with Crippen molar-refractivity contribution >= 4 is 33.1 Å². The topological polar surface area (TPSA) is 111 Å². The summed E-state index contributed by atoms with van der Waals surface area (Å²) in [6.07, 6.45) is 4.28. The molecule has 0 saturated heterocycles. The van der Waals surface area contributed by atoms with Crippen LogP contribution in [0.2, 0.25) is 0 Å². The molecule has 3 aromatic rings. The second kappa shape index (κ2) is 8.80. The average Bonchev–Trinajstić information content (AvgIpc) is 3.15. The molecule has 0 aliphatic rings. The number of hydrogen-bond donors (Lipinski definition) is 2. The molecule has 30 heavy (non-hydrogen) atoms. The summed E-state index contributed by atoms with van der Waals surface area (Å²) in [5.74, 6) is -0.0560. The van der Waals surface area contributed by atoms with Crippen LogP contribution in [0.15, 0.2) is 30.3 Å². The maximum atomic E-state index is 12.2. The largest absolute Gasteiger partial charge is 0.301 e. The molecule has 0 radical (unpaired) electrons. The first-order valence-electron chi connectivity index (χ1n) is 9.71. The highest BCUT2D eigenvalue weighted by Crippen LogP contribution is 2.25. The molecule has 1 aromatic carbocycles. The predicted octanol–water partition coefficient (Wildman–Crippen LogP) is 2.14. The number of carbonyl (C=O) groups excluding carboxylic acids is 1. The van der Waals surface area contributed by atoms with E-state index in [0.717, 1.165) is 23.0 Å². The van der Waals surface area contributed by atoms with Crippen LogP contribution < -0.4 is 9.44 Å². The Kier molecular flexibility index (Phi) is 6.37. The van der Waals surface area contributed by atoms with Crippen molar-refractivity contribution in [3.05, 3.63) is 47.3 Å². The number of unbranched alkanes of at least 4 members (excludes halogenated alkanes) is 1. The van der Waals surface area contributed by atoms with E-state index in [4.69, 9.17) is 0 Å². The van der Waals surface area contributed by atoms with Crippen molar-refractivity contribution in [3.63, 3.8) is 0 Å². The molecule has 9 nitrogen and oxygen atoms in total. The number of fused-ring (bicyclic) bond motifs is 1. The van der Waals surface area contributed by atoms with Gasteiger partial charge in [0, 0.05) is 30.6 Å². The van der Waals surface area contributed by atoms with Crippen LogP contribution >= 0.6 is 0 Å².